The van der Waals surface area contributed by atoms with Gasteiger partial charge in [0, 0.05) is 6.54 Å². The Balaban J connectivity index is 1.86. The molecule has 0 amide bonds. The zero-order chi connectivity index (χ0) is 17.9. The van der Waals surface area contributed by atoms with Crippen molar-refractivity contribution < 1.29 is 17.9 Å². The van der Waals surface area contributed by atoms with Crippen molar-refractivity contribution in [3.05, 3.63) is 54.1 Å². The third-order valence-electron chi connectivity index (χ3n) is 4.45. The molecule has 1 aliphatic rings. The maximum absolute atomic E-state index is 13.1. The molecule has 0 radical (unpaired) electrons. The smallest absolute Gasteiger partial charge is 0.243 e. The van der Waals surface area contributed by atoms with Crippen molar-refractivity contribution >= 4 is 10.0 Å². The highest BCUT2D eigenvalue weighted by atomic mass is 32.2. The maximum atomic E-state index is 13.1. The van der Waals surface area contributed by atoms with Crippen LogP contribution in [0.25, 0.3) is 0 Å². The molecule has 1 atom stereocenters. The summed E-state index contributed by atoms with van der Waals surface area (Å²) in [6, 6.07) is 14.1. The van der Waals surface area contributed by atoms with Gasteiger partial charge in [-0.05, 0) is 61.7 Å². The van der Waals surface area contributed by atoms with Crippen molar-refractivity contribution in [2.24, 2.45) is 0 Å². The van der Waals surface area contributed by atoms with Gasteiger partial charge in [-0.3, -0.25) is 0 Å². The van der Waals surface area contributed by atoms with Gasteiger partial charge in [0.2, 0.25) is 10.0 Å². The SMILES string of the molecule is CCOc1ccc(S(=O)(=O)N2CCC[C@H]2c2ccc(OC)cc2)cc1. The molecule has 0 spiro atoms. The first-order valence-corrected chi connectivity index (χ1v) is 9.89. The van der Waals surface area contributed by atoms with Gasteiger partial charge in [-0.25, -0.2) is 8.42 Å². The molecule has 0 unspecified atom stereocenters. The van der Waals surface area contributed by atoms with Crippen LogP contribution in [0.2, 0.25) is 0 Å². The lowest BCUT2D eigenvalue weighted by atomic mass is 10.1. The highest BCUT2D eigenvalue weighted by Crippen LogP contribution is 2.37. The molecular formula is C19H23NO4S. The number of sulfonamides is 1. The van der Waals surface area contributed by atoms with Crippen molar-refractivity contribution in [1.29, 1.82) is 0 Å². The van der Waals surface area contributed by atoms with E-state index in [4.69, 9.17) is 9.47 Å². The first kappa shape index (κ1) is 17.8. The molecule has 2 aromatic carbocycles. The van der Waals surface area contributed by atoms with E-state index < -0.39 is 10.0 Å². The fourth-order valence-electron chi connectivity index (χ4n) is 3.20. The van der Waals surface area contributed by atoms with Gasteiger partial charge in [0.1, 0.15) is 11.5 Å². The second kappa shape index (κ2) is 7.45. The second-order valence-electron chi connectivity index (χ2n) is 5.95. The third-order valence-corrected chi connectivity index (χ3v) is 6.37. The molecule has 0 aromatic heterocycles. The monoisotopic (exact) mass is 361 g/mol. The lowest BCUT2D eigenvalue weighted by molar-refractivity contribution is 0.340. The first-order valence-electron chi connectivity index (χ1n) is 8.45. The van der Waals surface area contributed by atoms with Crippen molar-refractivity contribution in [3.8, 4) is 11.5 Å². The van der Waals surface area contributed by atoms with Gasteiger partial charge in [0.05, 0.1) is 24.7 Å². The number of ether oxygens (including phenoxy) is 2. The Morgan fingerprint density at radius 3 is 2.28 bits per heavy atom. The van der Waals surface area contributed by atoms with Gasteiger partial charge in [-0.15, -0.1) is 0 Å². The molecule has 6 heteroatoms. The van der Waals surface area contributed by atoms with Crippen molar-refractivity contribution in [1.82, 2.24) is 4.31 Å². The Morgan fingerprint density at radius 2 is 1.68 bits per heavy atom. The molecule has 1 fully saturated rings. The minimum Gasteiger partial charge on any atom is -0.497 e. The standard InChI is InChI=1S/C19H23NO4S/c1-3-24-17-10-12-18(13-11-17)25(21,22)20-14-4-5-19(20)15-6-8-16(23-2)9-7-15/h6-13,19H,3-5,14H2,1-2H3/t19-/m0/s1. The normalized spacial score (nSPS) is 18.2. The highest BCUT2D eigenvalue weighted by molar-refractivity contribution is 7.89. The number of nitrogens with zero attached hydrogens (tertiary/aromatic N) is 1. The van der Waals surface area contributed by atoms with Crippen LogP contribution in [0.5, 0.6) is 11.5 Å². The maximum Gasteiger partial charge on any atom is 0.243 e. The number of benzene rings is 2. The topological polar surface area (TPSA) is 55.8 Å². The summed E-state index contributed by atoms with van der Waals surface area (Å²) in [7, 11) is -1.92. The largest absolute Gasteiger partial charge is 0.497 e. The van der Waals surface area contributed by atoms with Gasteiger partial charge in [0.15, 0.2) is 0 Å². The summed E-state index contributed by atoms with van der Waals surface area (Å²) in [5.74, 6) is 1.44. The number of hydrogen-bond donors (Lipinski definition) is 0. The van der Waals surface area contributed by atoms with E-state index in [1.54, 1.807) is 35.7 Å². The summed E-state index contributed by atoms with van der Waals surface area (Å²) >= 11 is 0. The Hall–Kier alpha value is -2.05. The van der Waals surface area contributed by atoms with Crippen LogP contribution >= 0.6 is 0 Å². The lowest BCUT2D eigenvalue weighted by Gasteiger charge is -2.24. The quantitative estimate of drug-likeness (QED) is 0.788. The molecule has 0 saturated carbocycles. The van der Waals surface area contributed by atoms with Crippen LogP contribution in [-0.4, -0.2) is 33.0 Å². The number of rotatable bonds is 6. The third kappa shape index (κ3) is 3.65. The average Bonchev–Trinajstić information content (AvgIpc) is 3.13. The molecule has 3 rings (SSSR count). The van der Waals surface area contributed by atoms with E-state index in [1.165, 1.54) is 0 Å². The average molecular weight is 361 g/mol. The highest BCUT2D eigenvalue weighted by Gasteiger charge is 2.36. The van der Waals surface area contributed by atoms with Crippen molar-refractivity contribution in [3.63, 3.8) is 0 Å². The van der Waals surface area contributed by atoms with E-state index >= 15 is 0 Å². The zero-order valence-corrected chi connectivity index (χ0v) is 15.3. The second-order valence-corrected chi connectivity index (χ2v) is 7.84. The first-order chi connectivity index (χ1) is 12.1. The van der Waals surface area contributed by atoms with Crippen LogP contribution in [0.15, 0.2) is 53.4 Å². The van der Waals surface area contributed by atoms with Crippen LogP contribution < -0.4 is 9.47 Å². The predicted octanol–water partition coefficient (Wildman–Crippen LogP) is 3.62. The van der Waals surface area contributed by atoms with E-state index in [0.29, 0.717) is 23.8 Å². The van der Waals surface area contributed by atoms with Crippen LogP contribution in [0.4, 0.5) is 0 Å². The molecule has 25 heavy (non-hydrogen) atoms. The van der Waals surface area contributed by atoms with Gasteiger partial charge in [-0.1, -0.05) is 12.1 Å². The van der Waals surface area contributed by atoms with Crippen LogP contribution in [-0.2, 0) is 10.0 Å². The molecule has 1 saturated heterocycles. The lowest BCUT2D eigenvalue weighted by Crippen LogP contribution is -2.30. The summed E-state index contributed by atoms with van der Waals surface area (Å²) in [6.07, 6.45) is 1.68. The van der Waals surface area contributed by atoms with E-state index in [0.717, 1.165) is 24.2 Å². The van der Waals surface area contributed by atoms with Gasteiger partial charge in [0.25, 0.3) is 0 Å². The molecule has 134 valence electrons. The summed E-state index contributed by atoms with van der Waals surface area (Å²) < 4.78 is 38.3. The van der Waals surface area contributed by atoms with Crippen molar-refractivity contribution in [2.75, 3.05) is 20.3 Å². The van der Waals surface area contributed by atoms with Gasteiger partial charge < -0.3 is 9.47 Å². The summed E-state index contributed by atoms with van der Waals surface area (Å²) in [5.41, 5.74) is 0.993. The molecule has 1 heterocycles. The molecule has 0 aliphatic carbocycles. The van der Waals surface area contributed by atoms with Crippen LogP contribution in [0.3, 0.4) is 0 Å². The summed E-state index contributed by atoms with van der Waals surface area (Å²) in [6.45, 7) is 2.98. The van der Waals surface area contributed by atoms with Crippen molar-refractivity contribution in [2.45, 2.75) is 30.7 Å². The van der Waals surface area contributed by atoms with E-state index in [2.05, 4.69) is 0 Å². The number of hydrogen-bond acceptors (Lipinski definition) is 4. The molecule has 1 aliphatic heterocycles. The molecule has 2 aromatic rings. The summed E-state index contributed by atoms with van der Waals surface area (Å²) in [4.78, 5) is 0.302. The Labute approximate surface area is 149 Å². The fraction of sp³-hybridized carbons (Fsp3) is 0.368. The van der Waals surface area contributed by atoms with Crippen LogP contribution in [0, 0.1) is 0 Å². The van der Waals surface area contributed by atoms with E-state index in [-0.39, 0.29) is 6.04 Å². The Morgan fingerprint density at radius 1 is 1.04 bits per heavy atom. The minimum atomic E-state index is -3.54. The van der Waals surface area contributed by atoms with Crippen LogP contribution in [0.1, 0.15) is 31.4 Å². The number of methoxy groups -OCH3 is 1. The zero-order valence-electron chi connectivity index (χ0n) is 14.5. The molecule has 0 bridgehead atoms. The van der Waals surface area contributed by atoms with Gasteiger partial charge >= 0.3 is 0 Å². The predicted molar refractivity (Wildman–Crippen MR) is 96.5 cm³/mol. The van der Waals surface area contributed by atoms with Gasteiger partial charge in [-0.2, -0.15) is 4.31 Å². The molecule has 0 N–H and O–H groups in total. The van der Waals surface area contributed by atoms with E-state index in [9.17, 15) is 8.42 Å². The fourth-order valence-corrected chi connectivity index (χ4v) is 4.88. The molecular weight excluding hydrogens is 338 g/mol. The Bertz CT molecular complexity index is 800. The molecule has 5 nitrogen and oxygen atoms in total. The Kier molecular flexibility index (Phi) is 5.30. The van der Waals surface area contributed by atoms with E-state index in [1.807, 2.05) is 31.2 Å². The minimum absolute atomic E-state index is 0.137. The summed E-state index contributed by atoms with van der Waals surface area (Å²) in [5, 5.41) is 0.